The molecule has 1 amide bonds. The summed E-state index contributed by atoms with van der Waals surface area (Å²) in [5.74, 6) is 0.105. The lowest BCUT2D eigenvalue weighted by Gasteiger charge is -2.20. The van der Waals surface area contributed by atoms with Crippen molar-refractivity contribution in [1.82, 2.24) is 0 Å². The summed E-state index contributed by atoms with van der Waals surface area (Å²) in [6.45, 7) is 3.66. The molecule has 2 heteroatoms. The normalized spacial score (nSPS) is 10.1. The Morgan fingerprint density at radius 2 is 1.75 bits per heavy atom. The molecule has 0 heterocycles. The van der Waals surface area contributed by atoms with Crippen LogP contribution in [0.1, 0.15) is 12.8 Å². The summed E-state index contributed by atoms with van der Waals surface area (Å²) < 4.78 is 0. The van der Waals surface area contributed by atoms with Crippen molar-refractivity contribution in [2.24, 2.45) is 0 Å². The summed E-state index contributed by atoms with van der Waals surface area (Å²) in [5, 5.41) is 0. The Balaban J connectivity index is 2.33. The van der Waals surface area contributed by atoms with Gasteiger partial charge in [0.05, 0.1) is 5.69 Å². The van der Waals surface area contributed by atoms with Crippen LogP contribution in [0.5, 0.6) is 0 Å². The maximum Gasteiger partial charge on any atom is 0.227 e. The lowest BCUT2D eigenvalue weighted by atomic mass is 10.0. The van der Waals surface area contributed by atoms with Gasteiger partial charge in [0, 0.05) is 19.0 Å². The molecule has 0 bridgehead atoms. The number of para-hydroxylation sites is 1. The number of carbonyl (C=O) groups excluding carboxylic acids is 1. The highest BCUT2D eigenvalue weighted by atomic mass is 16.2. The molecule has 0 aromatic heterocycles. The molecular formula is C18H19NO. The quantitative estimate of drug-likeness (QED) is 0.739. The van der Waals surface area contributed by atoms with Crippen LogP contribution in [-0.4, -0.2) is 13.0 Å². The number of nitrogens with zero attached hydrogens (tertiary/aromatic N) is 1. The van der Waals surface area contributed by atoms with Gasteiger partial charge in [0.1, 0.15) is 0 Å². The topological polar surface area (TPSA) is 20.3 Å². The van der Waals surface area contributed by atoms with E-state index in [4.69, 9.17) is 0 Å². The predicted octanol–water partition coefficient (Wildman–Crippen LogP) is 4.28. The third-order valence-electron chi connectivity index (χ3n) is 3.29. The van der Waals surface area contributed by atoms with Gasteiger partial charge in [-0.1, -0.05) is 54.6 Å². The minimum absolute atomic E-state index is 0.105. The van der Waals surface area contributed by atoms with E-state index in [0.29, 0.717) is 12.8 Å². The van der Waals surface area contributed by atoms with E-state index in [1.54, 1.807) is 11.0 Å². The maximum absolute atomic E-state index is 12.2. The average Bonchev–Trinajstić information content (AvgIpc) is 2.52. The van der Waals surface area contributed by atoms with Gasteiger partial charge in [0.15, 0.2) is 0 Å². The Labute approximate surface area is 120 Å². The van der Waals surface area contributed by atoms with Crippen LogP contribution < -0.4 is 4.90 Å². The summed E-state index contributed by atoms with van der Waals surface area (Å²) in [7, 11) is 1.83. The van der Waals surface area contributed by atoms with E-state index < -0.39 is 0 Å². The second-order valence-electron chi connectivity index (χ2n) is 4.66. The summed E-state index contributed by atoms with van der Waals surface area (Å²) in [6.07, 6.45) is 2.97. The highest BCUT2D eigenvalue weighted by Gasteiger charge is 2.14. The first kappa shape index (κ1) is 14.1. The zero-order chi connectivity index (χ0) is 14.4. The molecule has 0 saturated carbocycles. The molecule has 0 fully saturated rings. The molecule has 2 aromatic carbocycles. The fourth-order valence-corrected chi connectivity index (χ4v) is 2.16. The second kappa shape index (κ2) is 6.71. The third kappa shape index (κ3) is 3.15. The Morgan fingerprint density at radius 1 is 1.10 bits per heavy atom. The van der Waals surface area contributed by atoms with Gasteiger partial charge in [0.25, 0.3) is 0 Å². The van der Waals surface area contributed by atoms with Crippen molar-refractivity contribution < 1.29 is 4.79 Å². The second-order valence-corrected chi connectivity index (χ2v) is 4.66. The van der Waals surface area contributed by atoms with Crippen molar-refractivity contribution in [2.45, 2.75) is 12.8 Å². The molecule has 0 aliphatic carbocycles. The fraction of sp³-hybridized carbons (Fsp3) is 0.167. The first-order valence-corrected chi connectivity index (χ1v) is 6.76. The van der Waals surface area contributed by atoms with Gasteiger partial charge in [-0.05, 0) is 18.1 Å². The van der Waals surface area contributed by atoms with Gasteiger partial charge < -0.3 is 4.90 Å². The maximum atomic E-state index is 12.2. The number of amides is 1. The van der Waals surface area contributed by atoms with Gasteiger partial charge in [-0.2, -0.15) is 0 Å². The molecule has 0 N–H and O–H groups in total. The van der Waals surface area contributed by atoms with Crippen LogP contribution in [0.4, 0.5) is 5.69 Å². The first-order chi connectivity index (χ1) is 9.74. The van der Waals surface area contributed by atoms with Crippen LogP contribution in [0.15, 0.2) is 67.3 Å². The minimum Gasteiger partial charge on any atom is -0.315 e. The van der Waals surface area contributed by atoms with Gasteiger partial charge in [-0.15, -0.1) is 6.58 Å². The molecule has 20 heavy (non-hydrogen) atoms. The van der Waals surface area contributed by atoms with E-state index in [2.05, 4.69) is 18.7 Å². The molecule has 2 aromatic rings. The van der Waals surface area contributed by atoms with Crippen molar-refractivity contribution in [3.63, 3.8) is 0 Å². The van der Waals surface area contributed by atoms with Gasteiger partial charge in [-0.3, -0.25) is 4.79 Å². The number of carbonyl (C=O) groups is 1. The highest BCUT2D eigenvalue weighted by molar-refractivity contribution is 5.97. The van der Waals surface area contributed by atoms with Crippen LogP contribution in [0.3, 0.4) is 0 Å². The zero-order valence-electron chi connectivity index (χ0n) is 11.8. The number of anilines is 1. The molecule has 0 atom stereocenters. The lowest BCUT2D eigenvalue weighted by Crippen LogP contribution is -2.26. The molecule has 0 unspecified atom stereocenters. The number of rotatable bonds is 5. The molecule has 0 aliphatic heterocycles. The van der Waals surface area contributed by atoms with Gasteiger partial charge in [0.2, 0.25) is 5.91 Å². The summed E-state index contributed by atoms with van der Waals surface area (Å²) in [4.78, 5) is 13.9. The Morgan fingerprint density at radius 3 is 2.45 bits per heavy atom. The predicted molar refractivity (Wildman–Crippen MR) is 84.7 cm³/mol. The molecule has 0 radical (unpaired) electrons. The van der Waals surface area contributed by atoms with Crippen LogP contribution in [0.25, 0.3) is 11.1 Å². The molecular weight excluding hydrogens is 246 g/mol. The molecule has 0 saturated heterocycles. The Kier molecular flexibility index (Phi) is 4.72. The Bertz CT molecular complexity index is 589. The zero-order valence-corrected chi connectivity index (χ0v) is 11.8. The van der Waals surface area contributed by atoms with E-state index >= 15 is 0 Å². The number of hydrogen-bond acceptors (Lipinski definition) is 1. The fourth-order valence-electron chi connectivity index (χ4n) is 2.16. The highest BCUT2D eigenvalue weighted by Crippen LogP contribution is 2.30. The van der Waals surface area contributed by atoms with Crippen LogP contribution in [0.2, 0.25) is 0 Å². The van der Waals surface area contributed by atoms with Gasteiger partial charge >= 0.3 is 0 Å². The number of hydrogen-bond donors (Lipinski definition) is 0. The molecule has 0 aliphatic rings. The van der Waals surface area contributed by atoms with Crippen molar-refractivity contribution in [3.05, 3.63) is 67.3 Å². The van der Waals surface area contributed by atoms with Crippen molar-refractivity contribution in [3.8, 4) is 11.1 Å². The SMILES string of the molecule is C=CCCC(=O)N(C)c1ccccc1-c1ccccc1. The summed E-state index contributed by atoms with van der Waals surface area (Å²) in [6, 6.07) is 18.1. The minimum atomic E-state index is 0.105. The van der Waals surface area contributed by atoms with Crippen LogP contribution >= 0.6 is 0 Å². The smallest absolute Gasteiger partial charge is 0.227 e. The average molecular weight is 265 g/mol. The van der Waals surface area contributed by atoms with E-state index in [-0.39, 0.29) is 5.91 Å². The number of benzene rings is 2. The van der Waals surface area contributed by atoms with Crippen LogP contribution in [0, 0.1) is 0 Å². The summed E-state index contributed by atoms with van der Waals surface area (Å²) in [5.41, 5.74) is 3.13. The first-order valence-electron chi connectivity index (χ1n) is 6.76. The monoisotopic (exact) mass is 265 g/mol. The molecule has 0 spiro atoms. The third-order valence-corrected chi connectivity index (χ3v) is 3.29. The lowest BCUT2D eigenvalue weighted by molar-refractivity contribution is -0.118. The standard InChI is InChI=1S/C18H19NO/c1-3-4-14-18(20)19(2)17-13-9-8-12-16(17)15-10-6-5-7-11-15/h3,5-13H,1,4,14H2,2H3. The van der Waals surface area contributed by atoms with E-state index in [1.807, 2.05) is 49.5 Å². The summed E-state index contributed by atoms with van der Waals surface area (Å²) >= 11 is 0. The van der Waals surface area contributed by atoms with Crippen LogP contribution in [-0.2, 0) is 4.79 Å². The molecule has 102 valence electrons. The van der Waals surface area contributed by atoms with Crippen molar-refractivity contribution in [1.29, 1.82) is 0 Å². The molecule has 2 nitrogen and oxygen atoms in total. The molecule has 2 rings (SSSR count). The van der Waals surface area contributed by atoms with Gasteiger partial charge in [-0.25, -0.2) is 0 Å². The van der Waals surface area contributed by atoms with Crippen molar-refractivity contribution in [2.75, 3.05) is 11.9 Å². The van der Waals surface area contributed by atoms with E-state index in [0.717, 1.165) is 16.8 Å². The number of allylic oxidation sites excluding steroid dienone is 1. The largest absolute Gasteiger partial charge is 0.315 e. The van der Waals surface area contributed by atoms with Crippen molar-refractivity contribution >= 4 is 11.6 Å². The van der Waals surface area contributed by atoms with E-state index in [9.17, 15) is 4.79 Å². The Hall–Kier alpha value is -2.35. The van der Waals surface area contributed by atoms with E-state index in [1.165, 1.54) is 0 Å².